The number of carbonyl (C=O) groups excluding carboxylic acids is 1. The van der Waals surface area contributed by atoms with Crippen LogP contribution in [-0.4, -0.2) is 44.9 Å². The standard InChI is InChI=1S/C17H15Cl2FN2O4S/c18-14-3-2-12(27(24,25)22-5-7-26-8-6-22)10-13(14)17(23)21-16-4-1-11(20)9-15(16)19/h1-4,9-10H,5-8H2,(H,21,23). The number of hydrogen-bond donors (Lipinski definition) is 1. The summed E-state index contributed by atoms with van der Waals surface area (Å²) in [5.41, 5.74) is 0.145. The summed E-state index contributed by atoms with van der Waals surface area (Å²) in [7, 11) is -3.78. The number of hydrogen-bond acceptors (Lipinski definition) is 4. The number of sulfonamides is 1. The van der Waals surface area contributed by atoms with E-state index in [4.69, 9.17) is 27.9 Å². The van der Waals surface area contributed by atoms with Gasteiger partial charge in [0.1, 0.15) is 5.82 Å². The first-order valence-corrected chi connectivity index (χ1v) is 10.1. The number of nitrogens with one attached hydrogen (secondary N) is 1. The summed E-state index contributed by atoms with van der Waals surface area (Å²) >= 11 is 12.0. The van der Waals surface area contributed by atoms with Gasteiger partial charge in [0.2, 0.25) is 10.0 Å². The van der Waals surface area contributed by atoms with Crippen molar-refractivity contribution in [1.82, 2.24) is 4.31 Å². The summed E-state index contributed by atoms with van der Waals surface area (Å²) in [5.74, 6) is -1.21. The highest BCUT2D eigenvalue weighted by molar-refractivity contribution is 7.89. The van der Waals surface area contributed by atoms with Gasteiger partial charge >= 0.3 is 0 Å². The van der Waals surface area contributed by atoms with Gasteiger partial charge in [0.25, 0.3) is 5.91 Å². The third-order valence-corrected chi connectivity index (χ3v) is 6.51. The second-order valence-electron chi connectivity index (χ2n) is 5.74. The summed E-state index contributed by atoms with van der Waals surface area (Å²) < 4.78 is 45.1. The molecule has 0 bridgehead atoms. The number of benzene rings is 2. The van der Waals surface area contributed by atoms with E-state index in [1.807, 2.05) is 0 Å². The largest absolute Gasteiger partial charge is 0.379 e. The summed E-state index contributed by atoms with van der Waals surface area (Å²) in [4.78, 5) is 12.5. The molecule has 6 nitrogen and oxygen atoms in total. The maximum Gasteiger partial charge on any atom is 0.257 e. The molecule has 3 rings (SSSR count). The highest BCUT2D eigenvalue weighted by Gasteiger charge is 2.27. The molecule has 2 aromatic rings. The lowest BCUT2D eigenvalue weighted by atomic mass is 10.2. The number of amides is 1. The molecule has 0 unspecified atom stereocenters. The van der Waals surface area contributed by atoms with Crippen LogP contribution in [0.4, 0.5) is 10.1 Å². The summed E-state index contributed by atoms with van der Waals surface area (Å²) in [6, 6.07) is 7.39. The summed E-state index contributed by atoms with van der Waals surface area (Å²) in [6.45, 7) is 1.09. The Morgan fingerprint density at radius 3 is 2.44 bits per heavy atom. The lowest BCUT2D eigenvalue weighted by Crippen LogP contribution is -2.40. The van der Waals surface area contributed by atoms with Crippen LogP contribution in [0.3, 0.4) is 0 Å². The molecule has 1 aliphatic heterocycles. The van der Waals surface area contributed by atoms with E-state index in [1.165, 1.54) is 28.6 Å². The van der Waals surface area contributed by atoms with Crippen molar-refractivity contribution in [2.45, 2.75) is 4.90 Å². The Hall–Kier alpha value is -1.71. The molecule has 10 heteroatoms. The molecular formula is C17H15Cl2FN2O4S. The normalized spacial score (nSPS) is 15.5. The van der Waals surface area contributed by atoms with Crippen molar-refractivity contribution in [2.24, 2.45) is 0 Å². The van der Waals surface area contributed by atoms with Gasteiger partial charge in [0, 0.05) is 13.1 Å². The van der Waals surface area contributed by atoms with Crippen molar-refractivity contribution in [3.05, 3.63) is 57.8 Å². The molecule has 1 fully saturated rings. The minimum absolute atomic E-state index is 0.0107. The van der Waals surface area contributed by atoms with Crippen LogP contribution in [0.25, 0.3) is 0 Å². The van der Waals surface area contributed by atoms with Crippen LogP contribution in [0.15, 0.2) is 41.3 Å². The highest BCUT2D eigenvalue weighted by Crippen LogP contribution is 2.27. The van der Waals surface area contributed by atoms with Gasteiger partial charge in [-0.1, -0.05) is 23.2 Å². The smallest absolute Gasteiger partial charge is 0.257 e. The Bertz CT molecular complexity index is 979. The maximum atomic E-state index is 13.1. The SMILES string of the molecule is O=C(Nc1ccc(F)cc1Cl)c1cc(S(=O)(=O)N2CCOCC2)ccc1Cl. The summed E-state index contributed by atoms with van der Waals surface area (Å²) in [5, 5.41) is 2.59. The lowest BCUT2D eigenvalue weighted by molar-refractivity contribution is 0.0730. The Labute approximate surface area is 165 Å². The number of carbonyl (C=O) groups is 1. The molecule has 0 saturated carbocycles. The van der Waals surface area contributed by atoms with Crippen LogP contribution < -0.4 is 5.32 Å². The fraction of sp³-hybridized carbons (Fsp3) is 0.235. The van der Waals surface area contributed by atoms with Crippen LogP contribution in [-0.2, 0) is 14.8 Å². The van der Waals surface area contributed by atoms with Gasteiger partial charge in [-0.25, -0.2) is 12.8 Å². The molecule has 1 heterocycles. The molecule has 27 heavy (non-hydrogen) atoms. The van der Waals surface area contributed by atoms with Crippen LogP contribution in [0.2, 0.25) is 10.0 Å². The monoisotopic (exact) mass is 432 g/mol. The molecule has 1 amide bonds. The topological polar surface area (TPSA) is 75.7 Å². The molecular weight excluding hydrogens is 418 g/mol. The highest BCUT2D eigenvalue weighted by atomic mass is 35.5. The third kappa shape index (κ3) is 4.41. The maximum absolute atomic E-state index is 13.1. The van der Waals surface area contributed by atoms with Crippen molar-refractivity contribution in [1.29, 1.82) is 0 Å². The van der Waals surface area contributed by atoms with Gasteiger partial charge in [-0.3, -0.25) is 4.79 Å². The summed E-state index contributed by atoms with van der Waals surface area (Å²) in [6.07, 6.45) is 0. The lowest BCUT2D eigenvalue weighted by Gasteiger charge is -2.26. The Morgan fingerprint density at radius 1 is 1.07 bits per heavy atom. The first-order valence-electron chi connectivity index (χ1n) is 7.93. The molecule has 0 aromatic heterocycles. The number of ether oxygens (including phenoxy) is 1. The van der Waals surface area contributed by atoms with Gasteiger partial charge in [-0.05, 0) is 36.4 Å². The zero-order chi connectivity index (χ0) is 19.6. The molecule has 0 spiro atoms. The fourth-order valence-corrected chi connectivity index (χ4v) is 4.41. The zero-order valence-corrected chi connectivity index (χ0v) is 16.2. The van der Waals surface area contributed by atoms with Crippen LogP contribution in [0, 0.1) is 5.82 Å². The third-order valence-electron chi connectivity index (χ3n) is 3.97. The van der Waals surface area contributed by atoms with Gasteiger partial charge in [0.05, 0.1) is 39.4 Å². The van der Waals surface area contributed by atoms with E-state index in [1.54, 1.807) is 0 Å². The Kier molecular flexibility index (Phi) is 6.02. The second-order valence-corrected chi connectivity index (χ2v) is 8.49. The van der Waals surface area contributed by atoms with E-state index < -0.39 is 21.7 Å². The number of morpholine rings is 1. The van der Waals surface area contributed by atoms with Crippen LogP contribution >= 0.6 is 23.2 Å². The van der Waals surface area contributed by atoms with Crippen molar-refractivity contribution in [3.63, 3.8) is 0 Å². The Morgan fingerprint density at radius 2 is 1.78 bits per heavy atom. The van der Waals surface area contributed by atoms with Crippen molar-refractivity contribution >= 4 is 44.8 Å². The van der Waals surface area contributed by atoms with E-state index >= 15 is 0 Å². The average Bonchev–Trinajstić information content (AvgIpc) is 2.65. The minimum Gasteiger partial charge on any atom is -0.379 e. The van der Waals surface area contributed by atoms with Crippen molar-refractivity contribution in [2.75, 3.05) is 31.6 Å². The average molecular weight is 433 g/mol. The van der Waals surface area contributed by atoms with Crippen LogP contribution in [0.5, 0.6) is 0 Å². The molecule has 2 aromatic carbocycles. The van der Waals surface area contributed by atoms with E-state index in [-0.39, 0.29) is 39.3 Å². The minimum atomic E-state index is -3.78. The number of anilines is 1. The van der Waals surface area contributed by atoms with Gasteiger partial charge < -0.3 is 10.1 Å². The van der Waals surface area contributed by atoms with E-state index in [9.17, 15) is 17.6 Å². The molecule has 0 aliphatic carbocycles. The van der Waals surface area contributed by atoms with E-state index in [0.717, 1.165) is 12.1 Å². The number of nitrogens with zero attached hydrogens (tertiary/aromatic N) is 1. The molecule has 1 saturated heterocycles. The van der Waals surface area contributed by atoms with E-state index in [0.29, 0.717) is 13.2 Å². The first kappa shape index (κ1) is 20.0. The zero-order valence-electron chi connectivity index (χ0n) is 13.9. The van der Waals surface area contributed by atoms with Crippen molar-refractivity contribution in [3.8, 4) is 0 Å². The number of halogens is 3. The molecule has 1 aliphatic rings. The fourth-order valence-electron chi connectivity index (χ4n) is 2.56. The van der Waals surface area contributed by atoms with Crippen molar-refractivity contribution < 1.29 is 22.3 Å². The molecule has 144 valence electrons. The molecule has 1 N–H and O–H groups in total. The second kappa shape index (κ2) is 8.12. The number of rotatable bonds is 4. The van der Waals surface area contributed by atoms with Gasteiger partial charge in [-0.2, -0.15) is 4.31 Å². The Balaban J connectivity index is 1.89. The predicted octanol–water partition coefficient (Wildman–Crippen LogP) is 3.41. The van der Waals surface area contributed by atoms with Gasteiger partial charge in [0.15, 0.2) is 0 Å². The van der Waals surface area contributed by atoms with Crippen LogP contribution in [0.1, 0.15) is 10.4 Å². The molecule has 0 radical (unpaired) electrons. The predicted molar refractivity (Wildman–Crippen MR) is 100 cm³/mol. The quantitative estimate of drug-likeness (QED) is 0.802. The molecule has 0 atom stereocenters. The van der Waals surface area contributed by atoms with E-state index in [2.05, 4.69) is 5.32 Å². The first-order chi connectivity index (χ1) is 12.8. The van der Waals surface area contributed by atoms with Gasteiger partial charge in [-0.15, -0.1) is 0 Å².